The number of thioether (sulfide) groups is 1. The third-order valence-electron chi connectivity index (χ3n) is 2.63. The van der Waals surface area contributed by atoms with Crippen molar-refractivity contribution in [3.05, 3.63) is 24.0 Å². The first kappa shape index (κ1) is 11.3. The fraction of sp³-hybridized carbons (Fsp3) is 0.455. The third kappa shape index (κ3) is 2.66. The number of nitrogens with one attached hydrogen (secondary N) is 1. The molecule has 2 rings (SSSR count). The number of anilines is 1. The molecule has 16 heavy (non-hydrogen) atoms. The van der Waals surface area contributed by atoms with E-state index in [4.69, 9.17) is 5.73 Å². The highest BCUT2D eigenvalue weighted by molar-refractivity contribution is 7.99. The Bertz CT molecular complexity index is 377. The highest BCUT2D eigenvalue weighted by Crippen LogP contribution is 2.22. The summed E-state index contributed by atoms with van der Waals surface area (Å²) >= 11 is 1.94. The van der Waals surface area contributed by atoms with E-state index < -0.39 is 0 Å². The van der Waals surface area contributed by atoms with Crippen molar-refractivity contribution in [2.24, 2.45) is 5.92 Å². The van der Waals surface area contributed by atoms with Crippen LogP contribution in [0.3, 0.4) is 0 Å². The average Bonchev–Trinajstić information content (AvgIpc) is 2.79. The number of nitrogens with two attached hydrogens (primary N) is 1. The smallest absolute Gasteiger partial charge is 0.272 e. The zero-order chi connectivity index (χ0) is 11.4. The van der Waals surface area contributed by atoms with E-state index >= 15 is 0 Å². The van der Waals surface area contributed by atoms with Gasteiger partial charge in [0.2, 0.25) is 0 Å². The summed E-state index contributed by atoms with van der Waals surface area (Å²) in [5.41, 5.74) is 6.44. The Morgan fingerprint density at radius 3 is 3.25 bits per heavy atom. The molecule has 0 bridgehead atoms. The van der Waals surface area contributed by atoms with Gasteiger partial charge in [0.25, 0.3) is 5.91 Å². The highest BCUT2D eigenvalue weighted by Gasteiger charge is 2.17. The lowest BCUT2D eigenvalue weighted by atomic mass is 10.1. The lowest BCUT2D eigenvalue weighted by molar-refractivity contribution is 0.0944. The maximum Gasteiger partial charge on any atom is 0.272 e. The molecule has 1 atom stereocenters. The van der Waals surface area contributed by atoms with Crippen LogP contribution in [-0.2, 0) is 0 Å². The van der Waals surface area contributed by atoms with Crippen molar-refractivity contribution in [2.45, 2.75) is 6.42 Å². The molecule has 1 amide bonds. The second-order valence-electron chi connectivity index (χ2n) is 3.88. The summed E-state index contributed by atoms with van der Waals surface area (Å²) < 4.78 is 0. The minimum absolute atomic E-state index is 0.171. The molecule has 1 fully saturated rings. The minimum Gasteiger partial charge on any atom is -0.397 e. The lowest BCUT2D eigenvalue weighted by Gasteiger charge is -2.10. The van der Waals surface area contributed by atoms with Gasteiger partial charge in [0.15, 0.2) is 5.69 Å². The first-order valence-corrected chi connectivity index (χ1v) is 6.49. The molecule has 0 radical (unpaired) electrons. The maximum atomic E-state index is 11.8. The molecule has 0 aromatic carbocycles. The monoisotopic (exact) mass is 237 g/mol. The van der Waals surface area contributed by atoms with Crippen LogP contribution in [0.2, 0.25) is 0 Å². The fourth-order valence-electron chi connectivity index (χ4n) is 1.67. The zero-order valence-corrected chi connectivity index (χ0v) is 9.80. The van der Waals surface area contributed by atoms with Gasteiger partial charge in [-0.05, 0) is 36.0 Å². The molecule has 2 heterocycles. The van der Waals surface area contributed by atoms with Crippen LogP contribution >= 0.6 is 11.8 Å². The number of hydrogen-bond acceptors (Lipinski definition) is 4. The van der Waals surface area contributed by atoms with Gasteiger partial charge in [-0.1, -0.05) is 0 Å². The van der Waals surface area contributed by atoms with E-state index in [0.29, 0.717) is 17.3 Å². The number of pyridine rings is 1. The van der Waals surface area contributed by atoms with Crippen LogP contribution < -0.4 is 11.1 Å². The van der Waals surface area contributed by atoms with E-state index in [-0.39, 0.29) is 5.91 Å². The zero-order valence-electron chi connectivity index (χ0n) is 8.98. The summed E-state index contributed by atoms with van der Waals surface area (Å²) in [7, 11) is 0. The second-order valence-corrected chi connectivity index (χ2v) is 5.03. The number of aromatic nitrogens is 1. The topological polar surface area (TPSA) is 68.0 Å². The lowest BCUT2D eigenvalue weighted by Crippen LogP contribution is -2.30. The molecular formula is C11H15N3OS. The number of carbonyl (C=O) groups excluding carboxylic acids is 1. The van der Waals surface area contributed by atoms with Crippen molar-refractivity contribution in [3.63, 3.8) is 0 Å². The fourth-order valence-corrected chi connectivity index (χ4v) is 2.96. The molecule has 0 aliphatic carbocycles. The number of rotatable bonds is 3. The van der Waals surface area contributed by atoms with Gasteiger partial charge in [-0.25, -0.2) is 4.98 Å². The molecule has 86 valence electrons. The minimum atomic E-state index is -0.171. The Labute approximate surface area is 99.0 Å². The summed E-state index contributed by atoms with van der Waals surface area (Å²) in [6, 6.07) is 3.41. The van der Waals surface area contributed by atoms with Gasteiger partial charge in [0.05, 0.1) is 5.69 Å². The van der Waals surface area contributed by atoms with Crippen LogP contribution in [0.5, 0.6) is 0 Å². The van der Waals surface area contributed by atoms with Crippen molar-refractivity contribution in [1.82, 2.24) is 10.3 Å². The molecule has 4 nitrogen and oxygen atoms in total. The van der Waals surface area contributed by atoms with Crippen LogP contribution in [0, 0.1) is 5.92 Å². The van der Waals surface area contributed by atoms with Gasteiger partial charge in [-0.3, -0.25) is 4.79 Å². The van der Waals surface area contributed by atoms with Crippen molar-refractivity contribution < 1.29 is 4.79 Å². The molecule has 1 aliphatic rings. The highest BCUT2D eigenvalue weighted by atomic mass is 32.2. The molecule has 1 aliphatic heterocycles. The summed E-state index contributed by atoms with van der Waals surface area (Å²) in [5.74, 6) is 2.76. The van der Waals surface area contributed by atoms with Crippen LogP contribution in [0.1, 0.15) is 16.9 Å². The van der Waals surface area contributed by atoms with Crippen LogP contribution in [0.25, 0.3) is 0 Å². The molecular weight excluding hydrogens is 222 g/mol. The van der Waals surface area contributed by atoms with Crippen LogP contribution in [0.4, 0.5) is 5.69 Å². The van der Waals surface area contributed by atoms with Gasteiger partial charge in [-0.2, -0.15) is 11.8 Å². The van der Waals surface area contributed by atoms with Gasteiger partial charge in [0, 0.05) is 12.7 Å². The summed E-state index contributed by atoms with van der Waals surface area (Å²) in [6.45, 7) is 0.724. The van der Waals surface area contributed by atoms with E-state index in [0.717, 1.165) is 12.3 Å². The number of nitrogens with zero attached hydrogens (tertiary/aromatic N) is 1. The van der Waals surface area contributed by atoms with E-state index in [1.165, 1.54) is 12.2 Å². The van der Waals surface area contributed by atoms with E-state index in [1.807, 2.05) is 11.8 Å². The Kier molecular flexibility index (Phi) is 3.66. The molecule has 1 saturated heterocycles. The Hall–Kier alpha value is -1.23. The van der Waals surface area contributed by atoms with Crippen molar-refractivity contribution >= 4 is 23.4 Å². The number of nitrogen functional groups attached to an aromatic ring is 1. The number of hydrogen-bond donors (Lipinski definition) is 2. The van der Waals surface area contributed by atoms with Gasteiger partial charge in [-0.15, -0.1) is 0 Å². The first-order chi connectivity index (χ1) is 7.77. The van der Waals surface area contributed by atoms with Crippen molar-refractivity contribution in [1.29, 1.82) is 0 Å². The molecule has 1 unspecified atom stereocenters. The standard InChI is InChI=1S/C11H15N3OS/c12-9-2-1-4-13-10(9)11(15)14-6-8-3-5-16-7-8/h1-2,4,8H,3,5-7,12H2,(H,14,15). The van der Waals surface area contributed by atoms with E-state index in [1.54, 1.807) is 18.3 Å². The summed E-state index contributed by atoms with van der Waals surface area (Å²) in [5, 5.41) is 2.89. The number of amides is 1. The predicted octanol–water partition coefficient (Wildman–Crippen LogP) is 1.15. The second kappa shape index (κ2) is 5.21. The summed E-state index contributed by atoms with van der Waals surface area (Å²) in [6.07, 6.45) is 2.76. The average molecular weight is 237 g/mol. The largest absolute Gasteiger partial charge is 0.397 e. The van der Waals surface area contributed by atoms with E-state index in [2.05, 4.69) is 10.3 Å². The molecule has 1 aromatic heterocycles. The third-order valence-corrected chi connectivity index (χ3v) is 3.86. The van der Waals surface area contributed by atoms with Crippen LogP contribution in [0.15, 0.2) is 18.3 Å². The van der Waals surface area contributed by atoms with Gasteiger partial charge < -0.3 is 11.1 Å². The molecule has 5 heteroatoms. The summed E-state index contributed by atoms with van der Waals surface area (Å²) in [4.78, 5) is 15.7. The first-order valence-electron chi connectivity index (χ1n) is 5.34. The SMILES string of the molecule is Nc1cccnc1C(=O)NCC1CCSC1. The molecule has 3 N–H and O–H groups in total. The number of carbonyl (C=O) groups is 1. The van der Waals surface area contributed by atoms with Crippen molar-refractivity contribution in [2.75, 3.05) is 23.8 Å². The van der Waals surface area contributed by atoms with Gasteiger partial charge >= 0.3 is 0 Å². The Morgan fingerprint density at radius 2 is 2.56 bits per heavy atom. The molecule has 0 saturated carbocycles. The Morgan fingerprint density at radius 1 is 1.69 bits per heavy atom. The van der Waals surface area contributed by atoms with Gasteiger partial charge in [0.1, 0.15) is 0 Å². The molecule has 0 spiro atoms. The predicted molar refractivity (Wildman–Crippen MR) is 66.4 cm³/mol. The Balaban J connectivity index is 1.90. The maximum absolute atomic E-state index is 11.8. The molecule has 1 aromatic rings. The van der Waals surface area contributed by atoms with E-state index in [9.17, 15) is 4.79 Å². The quantitative estimate of drug-likeness (QED) is 0.827. The normalized spacial score (nSPS) is 19.6. The van der Waals surface area contributed by atoms with Crippen molar-refractivity contribution in [3.8, 4) is 0 Å². The van der Waals surface area contributed by atoms with Crippen LogP contribution in [-0.4, -0.2) is 28.9 Å².